The molecule has 0 amide bonds. The molecule has 0 aromatic heterocycles. The highest BCUT2D eigenvalue weighted by Gasteiger charge is 2.22. The summed E-state index contributed by atoms with van der Waals surface area (Å²) in [5, 5.41) is 13.7. The first kappa shape index (κ1) is 16.5. The second-order valence-corrected chi connectivity index (χ2v) is 6.22. The Hall–Kier alpha value is -1.51. The summed E-state index contributed by atoms with van der Waals surface area (Å²) in [6, 6.07) is 2.55. The Bertz CT molecular complexity index is 576. The smallest absolute Gasteiger partial charge is 0.270 e. The predicted molar refractivity (Wildman–Crippen MR) is 76.3 cm³/mol. The summed E-state index contributed by atoms with van der Waals surface area (Å²) in [7, 11) is -1.85. The van der Waals surface area contributed by atoms with E-state index in [1.54, 1.807) is 20.9 Å². The maximum atomic E-state index is 12.2. The minimum Gasteiger partial charge on any atom is -0.320 e. The van der Waals surface area contributed by atoms with Crippen LogP contribution < -0.4 is 10.0 Å². The molecular weight excluding hydrogens is 282 g/mol. The van der Waals surface area contributed by atoms with Crippen LogP contribution in [0.4, 0.5) is 5.69 Å². The SMILES string of the molecule is CNCCCNS(=O)(=O)c1c(C)cc([N+](=O)[O-])cc1C. The van der Waals surface area contributed by atoms with Crippen LogP contribution in [0.3, 0.4) is 0 Å². The van der Waals surface area contributed by atoms with Gasteiger partial charge in [-0.3, -0.25) is 10.1 Å². The lowest BCUT2D eigenvalue weighted by Gasteiger charge is -2.12. The van der Waals surface area contributed by atoms with E-state index >= 15 is 0 Å². The van der Waals surface area contributed by atoms with E-state index in [4.69, 9.17) is 0 Å². The molecule has 1 aromatic rings. The van der Waals surface area contributed by atoms with E-state index in [-0.39, 0.29) is 10.6 Å². The molecule has 2 N–H and O–H groups in total. The lowest BCUT2D eigenvalue weighted by atomic mass is 10.1. The van der Waals surface area contributed by atoms with Crippen molar-refractivity contribution >= 4 is 15.7 Å². The standard InChI is InChI=1S/C12H19N3O4S/c1-9-7-11(15(16)17)8-10(2)12(9)20(18,19)14-6-4-5-13-3/h7-8,13-14H,4-6H2,1-3H3. The molecule has 1 aromatic carbocycles. The summed E-state index contributed by atoms with van der Waals surface area (Å²) in [4.78, 5) is 10.3. The molecule has 0 unspecified atom stereocenters. The van der Waals surface area contributed by atoms with Crippen LogP contribution in [-0.2, 0) is 10.0 Å². The van der Waals surface area contributed by atoms with Crippen LogP contribution in [-0.4, -0.2) is 33.5 Å². The molecule has 7 nitrogen and oxygen atoms in total. The Kier molecular flexibility index (Phi) is 5.61. The fourth-order valence-corrected chi connectivity index (χ4v) is 3.52. The Balaban J connectivity index is 3.03. The van der Waals surface area contributed by atoms with Crippen molar-refractivity contribution in [2.24, 2.45) is 0 Å². The van der Waals surface area contributed by atoms with Crippen LogP contribution in [0.25, 0.3) is 0 Å². The quantitative estimate of drug-likeness (QED) is 0.446. The van der Waals surface area contributed by atoms with Gasteiger partial charge in [0, 0.05) is 18.7 Å². The fraction of sp³-hybridized carbons (Fsp3) is 0.500. The van der Waals surface area contributed by atoms with Crippen LogP contribution in [0, 0.1) is 24.0 Å². The van der Waals surface area contributed by atoms with E-state index in [9.17, 15) is 18.5 Å². The first-order valence-corrected chi connectivity index (χ1v) is 7.68. The Morgan fingerprint density at radius 1 is 1.20 bits per heavy atom. The molecule has 0 radical (unpaired) electrons. The van der Waals surface area contributed by atoms with Gasteiger partial charge in [-0.25, -0.2) is 13.1 Å². The van der Waals surface area contributed by atoms with Crippen LogP contribution >= 0.6 is 0 Å². The third-order valence-corrected chi connectivity index (χ3v) is 4.59. The molecule has 0 saturated heterocycles. The van der Waals surface area contributed by atoms with Gasteiger partial charge in [-0.1, -0.05) is 0 Å². The second-order valence-electron chi connectivity index (χ2n) is 4.52. The normalized spacial score (nSPS) is 11.6. The van der Waals surface area contributed by atoms with Crippen molar-refractivity contribution in [2.45, 2.75) is 25.2 Å². The fourth-order valence-electron chi connectivity index (χ4n) is 2.00. The van der Waals surface area contributed by atoms with Gasteiger partial charge in [-0.2, -0.15) is 0 Å². The third kappa shape index (κ3) is 3.99. The number of nitrogens with zero attached hydrogens (tertiary/aromatic N) is 1. The van der Waals surface area contributed by atoms with Crippen LogP contribution in [0.15, 0.2) is 17.0 Å². The van der Waals surface area contributed by atoms with Gasteiger partial charge in [0.05, 0.1) is 9.82 Å². The maximum absolute atomic E-state index is 12.2. The van der Waals surface area contributed by atoms with E-state index in [0.29, 0.717) is 30.6 Å². The second kappa shape index (κ2) is 6.78. The molecule has 0 bridgehead atoms. The number of sulfonamides is 1. The average molecular weight is 301 g/mol. The van der Waals surface area contributed by atoms with Gasteiger partial charge in [0.15, 0.2) is 0 Å². The number of aryl methyl sites for hydroxylation is 2. The van der Waals surface area contributed by atoms with Crippen LogP contribution in [0.5, 0.6) is 0 Å². The summed E-state index contributed by atoms with van der Waals surface area (Å²) in [6.45, 7) is 4.14. The number of nitro benzene ring substituents is 1. The van der Waals surface area contributed by atoms with Gasteiger partial charge in [0.1, 0.15) is 0 Å². The van der Waals surface area contributed by atoms with Crippen molar-refractivity contribution < 1.29 is 13.3 Å². The molecule has 0 atom stereocenters. The number of non-ortho nitro benzene ring substituents is 1. The van der Waals surface area contributed by atoms with Gasteiger partial charge in [0.2, 0.25) is 10.0 Å². The highest BCUT2D eigenvalue weighted by molar-refractivity contribution is 7.89. The topological polar surface area (TPSA) is 101 Å². The van der Waals surface area contributed by atoms with Crippen molar-refractivity contribution in [1.82, 2.24) is 10.0 Å². The number of hydrogen-bond donors (Lipinski definition) is 2. The number of rotatable bonds is 7. The summed E-state index contributed by atoms with van der Waals surface area (Å²) >= 11 is 0. The highest BCUT2D eigenvalue weighted by Crippen LogP contribution is 2.25. The van der Waals surface area contributed by atoms with Gasteiger partial charge in [0.25, 0.3) is 5.69 Å². The van der Waals surface area contributed by atoms with Gasteiger partial charge in [-0.15, -0.1) is 0 Å². The molecular formula is C12H19N3O4S. The summed E-state index contributed by atoms with van der Waals surface area (Å²) in [6.07, 6.45) is 0.667. The molecule has 0 spiro atoms. The number of hydrogen-bond acceptors (Lipinski definition) is 5. The monoisotopic (exact) mass is 301 g/mol. The van der Waals surface area contributed by atoms with Gasteiger partial charge >= 0.3 is 0 Å². The van der Waals surface area contributed by atoms with Gasteiger partial charge < -0.3 is 5.32 Å². The molecule has 0 aliphatic rings. The summed E-state index contributed by atoms with van der Waals surface area (Å²) in [5.74, 6) is 0. The van der Waals surface area contributed by atoms with Crippen molar-refractivity contribution in [3.63, 3.8) is 0 Å². The summed E-state index contributed by atoms with van der Waals surface area (Å²) < 4.78 is 26.9. The number of benzene rings is 1. The molecule has 1 rings (SSSR count). The zero-order chi connectivity index (χ0) is 15.3. The molecule has 0 saturated carbocycles. The van der Waals surface area contributed by atoms with E-state index in [2.05, 4.69) is 10.0 Å². The van der Waals surface area contributed by atoms with E-state index in [0.717, 1.165) is 0 Å². The molecule has 0 aliphatic carbocycles. The minimum atomic E-state index is -3.64. The number of nitrogens with one attached hydrogen (secondary N) is 2. The first-order valence-electron chi connectivity index (χ1n) is 6.19. The first-order chi connectivity index (χ1) is 9.29. The Morgan fingerprint density at radius 3 is 2.20 bits per heavy atom. The molecule has 20 heavy (non-hydrogen) atoms. The lowest BCUT2D eigenvalue weighted by Crippen LogP contribution is -2.28. The number of nitro groups is 1. The Morgan fingerprint density at radius 2 is 1.75 bits per heavy atom. The van der Waals surface area contributed by atoms with E-state index < -0.39 is 14.9 Å². The van der Waals surface area contributed by atoms with Crippen molar-refractivity contribution in [2.75, 3.05) is 20.1 Å². The van der Waals surface area contributed by atoms with E-state index in [1.165, 1.54) is 12.1 Å². The molecule has 0 fully saturated rings. The van der Waals surface area contributed by atoms with Crippen LogP contribution in [0.2, 0.25) is 0 Å². The zero-order valence-corrected chi connectivity index (χ0v) is 12.6. The highest BCUT2D eigenvalue weighted by atomic mass is 32.2. The molecule has 8 heteroatoms. The zero-order valence-electron chi connectivity index (χ0n) is 11.8. The minimum absolute atomic E-state index is 0.103. The maximum Gasteiger partial charge on any atom is 0.270 e. The summed E-state index contributed by atoms with van der Waals surface area (Å²) in [5.41, 5.74) is 0.643. The Labute approximate surface area is 118 Å². The van der Waals surface area contributed by atoms with Gasteiger partial charge in [-0.05, 0) is 45.0 Å². The predicted octanol–water partition coefficient (Wildman–Crippen LogP) is 1.10. The van der Waals surface area contributed by atoms with Crippen molar-refractivity contribution in [3.8, 4) is 0 Å². The van der Waals surface area contributed by atoms with Crippen molar-refractivity contribution in [1.29, 1.82) is 0 Å². The third-order valence-electron chi connectivity index (χ3n) is 2.82. The molecule has 0 aliphatic heterocycles. The van der Waals surface area contributed by atoms with Crippen molar-refractivity contribution in [3.05, 3.63) is 33.4 Å². The molecule has 0 heterocycles. The lowest BCUT2D eigenvalue weighted by molar-refractivity contribution is -0.385. The van der Waals surface area contributed by atoms with Crippen LogP contribution in [0.1, 0.15) is 17.5 Å². The largest absolute Gasteiger partial charge is 0.320 e. The average Bonchev–Trinajstić information content (AvgIpc) is 2.33. The van der Waals surface area contributed by atoms with E-state index in [1.807, 2.05) is 0 Å². The molecule has 112 valence electrons.